The van der Waals surface area contributed by atoms with Gasteiger partial charge in [0.2, 0.25) is 0 Å². The van der Waals surface area contributed by atoms with E-state index >= 15 is 0 Å². The Balaban J connectivity index is 2.68. The van der Waals surface area contributed by atoms with Gasteiger partial charge in [0, 0.05) is 0 Å². The van der Waals surface area contributed by atoms with Crippen LogP contribution in [0.5, 0.6) is 0 Å². The largest absolute Gasteiger partial charge is 0.481 e. The Kier molecular flexibility index (Phi) is 3.09. The average Bonchev–Trinajstić information content (AvgIpc) is 2.06. The molecule has 0 aromatic rings. The van der Waals surface area contributed by atoms with Gasteiger partial charge in [0.05, 0.1) is 11.5 Å². The van der Waals surface area contributed by atoms with E-state index in [4.69, 9.17) is 5.11 Å². The van der Waals surface area contributed by atoms with E-state index in [9.17, 15) is 9.90 Å². The van der Waals surface area contributed by atoms with E-state index < -0.39 is 17.5 Å². The van der Waals surface area contributed by atoms with E-state index in [0.29, 0.717) is 19.3 Å². The highest BCUT2D eigenvalue weighted by molar-refractivity contribution is 5.74. The van der Waals surface area contributed by atoms with Crippen molar-refractivity contribution < 1.29 is 15.0 Å². The van der Waals surface area contributed by atoms with E-state index in [0.717, 1.165) is 6.42 Å². The van der Waals surface area contributed by atoms with Crippen molar-refractivity contribution in [3.05, 3.63) is 12.2 Å². The first-order valence-electron chi connectivity index (χ1n) is 4.63. The summed E-state index contributed by atoms with van der Waals surface area (Å²) in [4.78, 5) is 10.9. The molecular formula is C10H16O3. The molecule has 0 saturated heterocycles. The summed E-state index contributed by atoms with van der Waals surface area (Å²) < 4.78 is 0. The number of rotatable bonds is 1. The molecule has 0 aliphatic heterocycles. The summed E-state index contributed by atoms with van der Waals surface area (Å²) >= 11 is 0. The summed E-state index contributed by atoms with van der Waals surface area (Å²) in [6, 6.07) is 0. The summed E-state index contributed by atoms with van der Waals surface area (Å²) in [6.45, 7) is 1.75. The van der Waals surface area contributed by atoms with E-state index in [-0.39, 0.29) is 0 Å². The molecule has 0 heterocycles. The average molecular weight is 184 g/mol. The maximum Gasteiger partial charge on any atom is 0.309 e. The van der Waals surface area contributed by atoms with Gasteiger partial charge in [0.1, 0.15) is 0 Å². The third-order valence-electron chi connectivity index (χ3n) is 2.73. The quantitative estimate of drug-likeness (QED) is 0.608. The van der Waals surface area contributed by atoms with Crippen LogP contribution in [0.2, 0.25) is 0 Å². The van der Waals surface area contributed by atoms with Gasteiger partial charge in [-0.3, -0.25) is 4.79 Å². The lowest BCUT2D eigenvalue weighted by molar-refractivity contribution is -0.149. The number of carboxylic acid groups (broad SMARTS) is 1. The molecule has 0 aromatic heterocycles. The number of carboxylic acids is 1. The number of aliphatic carboxylic acids is 1. The molecular weight excluding hydrogens is 168 g/mol. The summed E-state index contributed by atoms with van der Waals surface area (Å²) in [5.41, 5.74) is -0.661. The van der Waals surface area contributed by atoms with Gasteiger partial charge in [0.25, 0.3) is 0 Å². The Labute approximate surface area is 78.1 Å². The lowest BCUT2D eigenvalue weighted by atomic mass is 9.79. The molecule has 0 amide bonds. The molecule has 0 aromatic carbocycles. The first-order valence-corrected chi connectivity index (χ1v) is 4.63. The number of aliphatic hydroxyl groups excluding tert-OH is 1. The fraction of sp³-hybridized carbons (Fsp3) is 0.700. The minimum Gasteiger partial charge on any atom is -0.481 e. The van der Waals surface area contributed by atoms with Gasteiger partial charge in [-0.15, -0.1) is 0 Å². The highest BCUT2D eigenvalue weighted by Crippen LogP contribution is 2.31. The molecule has 0 spiro atoms. The molecule has 13 heavy (non-hydrogen) atoms. The third-order valence-corrected chi connectivity index (χ3v) is 2.73. The van der Waals surface area contributed by atoms with E-state index in [1.165, 1.54) is 0 Å². The van der Waals surface area contributed by atoms with Crippen molar-refractivity contribution in [2.75, 3.05) is 0 Å². The van der Waals surface area contributed by atoms with Crippen LogP contribution < -0.4 is 0 Å². The number of hydrogen-bond donors (Lipinski definition) is 2. The van der Waals surface area contributed by atoms with Crippen LogP contribution in [0, 0.1) is 5.41 Å². The highest BCUT2D eigenvalue weighted by atomic mass is 16.4. The molecule has 3 nitrogen and oxygen atoms in total. The lowest BCUT2D eigenvalue weighted by Crippen LogP contribution is -2.29. The maximum absolute atomic E-state index is 10.9. The Morgan fingerprint density at radius 1 is 1.54 bits per heavy atom. The van der Waals surface area contributed by atoms with Gasteiger partial charge in [-0.25, -0.2) is 0 Å². The first kappa shape index (κ1) is 10.3. The maximum atomic E-state index is 10.9. The monoisotopic (exact) mass is 184 g/mol. The van der Waals surface area contributed by atoms with Crippen LogP contribution in [-0.4, -0.2) is 22.3 Å². The highest BCUT2D eigenvalue weighted by Gasteiger charge is 2.32. The molecule has 1 aliphatic rings. The van der Waals surface area contributed by atoms with Gasteiger partial charge in [-0.05, 0) is 32.6 Å². The van der Waals surface area contributed by atoms with Gasteiger partial charge in [-0.2, -0.15) is 0 Å². The van der Waals surface area contributed by atoms with Crippen LogP contribution in [-0.2, 0) is 4.79 Å². The summed E-state index contributed by atoms with van der Waals surface area (Å²) in [6.07, 6.45) is 5.63. The predicted molar refractivity (Wildman–Crippen MR) is 49.4 cm³/mol. The molecule has 0 unspecified atom stereocenters. The van der Waals surface area contributed by atoms with Crippen molar-refractivity contribution in [1.29, 1.82) is 0 Å². The zero-order valence-electron chi connectivity index (χ0n) is 7.86. The second-order valence-electron chi connectivity index (χ2n) is 3.94. The van der Waals surface area contributed by atoms with Crippen LogP contribution in [0.4, 0.5) is 0 Å². The number of hydrogen-bond acceptors (Lipinski definition) is 2. The molecule has 1 rings (SSSR count). The van der Waals surface area contributed by atoms with E-state index in [2.05, 4.69) is 0 Å². The minimum absolute atomic E-state index is 0.473. The zero-order chi connectivity index (χ0) is 9.90. The molecule has 3 heteroatoms. The first-order chi connectivity index (χ1) is 6.04. The van der Waals surface area contributed by atoms with Crippen molar-refractivity contribution in [3.63, 3.8) is 0 Å². The normalized spacial score (nSPS) is 37.5. The van der Waals surface area contributed by atoms with E-state index in [1.807, 2.05) is 6.08 Å². The second kappa shape index (κ2) is 3.92. The summed E-state index contributed by atoms with van der Waals surface area (Å²) in [5, 5.41) is 18.3. The SMILES string of the molecule is C[C@@]1(C(=O)O)CC/C=C/[C@H](O)CC1. The zero-order valence-corrected chi connectivity index (χ0v) is 7.86. The smallest absolute Gasteiger partial charge is 0.309 e. The van der Waals surface area contributed by atoms with Crippen molar-refractivity contribution in [2.45, 2.75) is 38.7 Å². The standard InChI is InChI=1S/C10H16O3/c1-10(9(12)13)6-3-2-4-8(11)5-7-10/h2,4,8,11H,3,5-7H2,1H3,(H,12,13)/b4-2+/t8-,10+/m0/s1. The van der Waals surface area contributed by atoms with Crippen LogP contribution in [0.15, 0.2) is 12.2 Å². The van der Waals surface area contributed by atoms with Gasteiger partial charge < -0.3 is 10.2 Å². The number of carbonyl (C=O) groups is 1. The van der Waals surface area contributed by atoms with Crippen molar-refractivity contribution in [2.24, 2.45) is 5.41 Å². The van der Waals surface area contributed by atoms with Crippen molar-refractivity contribution in [1.82, 2.24) is 0 Å². The van der Waals surface area contributed by atoms with Crippen molar-refractivity contribution in [3.8, 4) is 0 Å². The Hall–Kier alpha value is -0.830. The van der Waals surface area contributed by atoms with Crippen LogP contribution >= 0.6 is 0 Å². The predicted octanol–water partition coefficient (Wildman–Crippen LogP) is 1.57. The summed E-state index contributed by atoms with van der Waals surface area (Å²) in [7, 11) is 0. The Bertz CT molecular complexity index is 222. The van der Waals surface area contributed by atoms with Crippen LogP contribution in [0.25, 0.3) is 0 Å². The molecule has 0 fully saturated rings. The number of aliphatic hydroxyl groups is 1. The molecule has 1 aliphatic carbocycles. The minimum atomic E-state index is -0.755. The van der Waals surface area contributed by atoms with Crippen LogP contribution in [0.1, 0.15) is 32.6 Å². The fourth-order valence-electron chi connectivity index (χ4n) is 1.56. The van der Waals surface area contributed by atoms with Gasteiger partial charge in [-0.1, -0.05) is 12.2 Å². The summed E-state index contributed by atoms with van der Waals surface area (Å²) in [5.74, 6) is -0.755. The third kappa shape index (κ3) is 2.56. The van der Waals surface area contributed by atoms with Crippen molar-refractivity contribution >= 4 is 5.97 Å². The molecule has 2 N–H and O–H groups in total. The van der Waals surface area contributed by atoms with Gasteiger partial charge >= 0.3 is 5.97 Å². The Morgan fingerprint density at radius 3 is 2.85 bits per heavy atom. The molecule has 0 bridgehead atoms. The molecule has 2 atom stereocenters. The molecule has 0 saturated carbocycles. The molecule has 74 valence electrons. The van der Waals surface area contributed by atoms with Crippen LogP contribution in [0.3, 0.4) is 0 Å². The van der Waals surface area contributed by atoms with Gasteiger partial charge in [0.15, 0.2) is 0 Å². The fourth-order valence-corrected chi connectivity index (χ4v) is 1.56. The lowest BCUT2D eigenvalue weighted by Gasteiger charge is -2.26. The topological polar surface area (TPSA) is 57.5 Å². The number of allylic oxidation sites excluding steroid dienone is 1. The Morgan fingerprint density at radius 2 is 2.23 bits per heavy atom. The molecule has 0 radical (unpaired) electrons. The second-order valence-corrected chi connectivity index (χ2v) is 3.94. The van der Waals surface area contributed by atoms with E-state index in [1.54, 1.807) is 13.0 Å².